The number of nitrogen functional groups attached to an aromatic ring is 1. The molecule has 1 fully saturated rings. The van der Waals surface area contributed by atoms with E-state index in [0.717, 1.165) is 9.26 Å². The number of rotatable bonds is 2. The number of carbonyl (C=O) groups excluding carboxylic acids is 1. The third-order valence-electron chi connectivity index (χ3n) is 2.98. The Morgan fingerprint density at radius 3 is 3.06 bits per heavy atom. The van der Waals surface area contributed by atoms with Gasteiger partial charge in [-0.3, -0.25) is 4.79 Å². The highest BCUT2D eigenvalue weighted by Gasteiger charge is 2.29. The van der Waals surface area contributed by atoms with E-state index in [-0.39, 0.29) is 11.9 Å². The van der Waals surface area contributed by atoms with E-state index in [1.165, 1.54) is 0 Å². The fraction of sp³-hybridized carbons (Fsp3) is 0.417. The maximum Gasteiger partial charge on any atom is 0.244 e. The highest BCUT2D eigenvalue weighted by Crippen LogP contribution is 2.28. The molecule has 6 heteroatoms. The quantitative estimate of drug-likeness (QED) is 0.605. The molecule has 0 aliphatic carbocycles. The van der Waals surface area contributed by atoms with Crippen molar-refractivity contribution in [2.45, 2.75) is 6.04 Å². The van der Waals surface area contributed by atoms with Crippen LogP contribution in [0.5, 0.6) is 0 Å². The van der Waals surface area contributed by atoms with Gasteiger partial charge in [0.25, 0.3) is 0 Å². The maximum atomic E-state index is 11.9. The number of ether oxygens (including phenoxy) is 1. The van der Waals surface area contributed by atoms with E-state index >= 15 is 0 Å². The molecule has 1 amide bonds. The molecule has 5 nitrogen and oxygen atoms in total. The lowest BCUT2D eigenvalue weighted by atomic mass is 10.1. The van der Waals surface area contributed by atoms with E-state index in [4.69, 9.17) is 10.5 Å². The lowest BCUT2D eigenvalue weighted by Crippen LogP contribution is -2.53. The molecule has 98 valence electrons. The Morgan fingerprint density at radius 2 is 2.39 bits per heavy atom. The predicted octanol–water partition coefficient (Wildman–Crippen LogP) is 0.825. The number of nitrogens with zero attached hydrogens (tertiary/aromatic N) is 1. The molecule has 2 rings (SSSR count). The van der Waals surface area contributed by atoms with Crippen LogP contribution in [-0.2, 0) is 9.53 Å². The van der Waals surface area contributed by atoms with Gasteiger partial charge in [0.15, 0.2) is 0 Å². The number of anilines is 2. The summed E-state index contributed by atoms with van der Waals surface area (Å²) in [7, 11) is 1.63. The Hall–Kier alpha value is -1.02. The molecule has 1 unspecified atom stereocenters. The van der Waals surface area contributed by atoms with Gasteiger partial charge >= 0.3 is 0 Å². The Bertz CT molecular complexity index is 453. The molecule has 3 N–H and O–H groups in total. The van der Waals surface area contributed by atoms with Gasteiger partial charge in [-0.25, -0.2) is 0 Å². The van der Waals surface area contributed by atoms with Gasteiger partial charge in [0.1, 0.15) is 6.04 Å². The van der Waals surface area contributed by atoms with Crippen molar-refractivity contribution in [3.63, 3.8) is 0 Å². The zero-order valence-corrected chi connectivity index (χ0v) is 12.3. The second kappa shape index (κ2) is 5.75. The smallest absolute Gasteiger partial charge is 0.244 e. The number of nitrogens with one attached hydrogen (secondary N) is 1. The van der Waals surface area contributed by atoms with Crippen molar-refractivity contribution in [3.05, 3.63) is 21.8 Å². The fourth-order valence-electron chi connectivity index (χ4n) is 2.06. The van der Waals surface area contributed by atoms with Crippen LogP contribution in [0, 0.1) is 3.57 Å². The highest BCUT2D eigenvalue weighted by molar-refractivity contribution is 14.1. The van der Waals surface area contributed by atoms with E-state index < -0.39 is 0 Å². The van der Waals surface area contributed by atoms with Gasteiger partial charge in [-0.1, -0.05) is 0 Å². The summed E-state index contributed by atoms with van der Waals surface area (Å²) < 4.78 is 6.46. The molecule has 1 aromatic carbocycles. The summed E-state index contributed by atoms with van der Waals surface area (Å²) in [6.07, 6.45) is 0. The third-order valence-corrected chi connectivity index (χ3v) is 3.65. The number of hydrogen-bond acceptors (Lipinski definition) is 4. The minimum Gasteiger partial charge on any atom is -0.397 e. The number of halogens is 1. The standard InChI is InChI=1S/C12H16IN3O2/c1-15-12(17)11-7-18-5-4-16(11)10-3-2-8(13)6-9(10)14/h2-3,6,11H,4-5,7,14H2,1H3,(H,15,17). The van der Waals surface area contributed by atoms with Gasteiger partial charge in [0, 0.05) is 17.2 Å². The molecule has 1 heterocycles. The molecule has 1 atom stereocenters. The Kier molecular flexibility index (Phi) is 4.28. The number of amides is 1. The summed E-state index contributed by atoms with van der Waals surface area (Å²) in [6, 6.07) is 5.54. The van der Waals surface area contributed by atoms with Crippen LogP contribution in [0.4, 0.5) is 11.4 Å². The van der Waals surface area contributed by atoms with Gasteiger partial charge in [-0.2, -0.15) is 0 Å². The number of hydrogen-bond donors (Lipinski definition) is 2. The van der Waals surface area contributed by atoms with Crippen LogP contribution in [0.25, 0.3) is 0 Å². The second-order valence-electron chi connectivity index (χ2n) is 4.10. The summed E-state index contributed by atoms with van der Waals surface area (Å²) in [6.45, 7) is 1.67. The fourth-order valence-corrected chi connectivity index (χ4v) is 2.58. The van der Waals surface area contributed by atoms with Crippen molar-refractivity contribution in [2.24, 2.45) is 0 Å². The molecule has 0 saturated carbocycles. The van der Waals surface area contributed by atoms with Crippen LogP contribution in [-0.4, -0.2) is 38.8 Å². The first kappa shape index (κ1) is 13.4. The molecule has 0 radical (unpaired) electrons. The molecule has 0 bridgehead atoms. The molecular weight excluding hydrogens is 345 g/mol. The maximum absolute atomic E-state index is 11.9. The molecule has 1 aliphatic rings. The third kappa shape index (κ3) is 2.69. The number of carbonyl (C=O) groups is 1. The first-order chi connectivity index (χ1) is 8.63. The average Bonchev–Trinajstić information content (AvgIpc) is 2.38. The van der Waals surface area contributed by atoms with E-state index in [1.807, 2.05) is 23.1 Å². The van der Waals surface area contributed by atoms with Gasteiger partial charge in [-0.05, 0) is 40.8 Å². The van der Waals surface area contributed by atoms with Crippen LogP contribution in [0.15, 0.2) is 18.2 Å². The summed E-state index contributed by atoms with van der Waals surface area (Å²) in [5, 5.41) is 2.66. The van der Waals surface area contributed by atoms with Crippen molar-refractivity contribution in [1.29, 1.82) is 0 Å². The Labute approximate surface area is 120 Å². The summed E-state index contributed by atoms with van der Waals surface area (Å²) in [5.41, 5.74) is 7.63. The summed E-state index contributed by atoms with van der Waals surface area (Å²) in [4.78, 5) is 13.9. The number of morpholine rings is 1. The van der Waals surface area contributed by atoms with E-state index in [2.05, 4.69) is 27.9 Å². The van der Waals surface area contributed by atoms with Crippen molar-refractivity contribution in [1.82, 2.24) is 5.32 Å². The van der Waals surface area contributed by atoms with Gasteiger partial charge in [-0.15, -0.1) is 0 Å². The molecular formula is C12H16IN3O2. The number of likely N-dealkylation sites (N-methyl/N-ethyl adjacent to an activating group) is 1. The minimum atomic E-state index is -0.314. The zero-order valence-electron chi connectivity index (χ0n) is 10.1. The first-order valence-corrected chi connectivity index (χ1v) is 6.82. The number of benzene rings is 1. The number of nitrogens with two attached hydrogens (primary N) is 1. The Balaban J connectivity index is 2.30. The van der Waals surface area contributed by atoms with E-state index in [0.29, 0.717) is 25.4 Å². The van der Waals surface area contributed by atoms with Gasteiger partial charge < -0.3 is 20.7 Å². The van der Waals surface area contributed by atoms with Gasteiger partial charge in [0.05, 0.1) is 24.6 Å². The van der Waals surface area contributed by atoms with Gasteiger partial charge in [0.2, 0.25) is 5.91 Å². The average molecular weight is 361 g/mol. The van der Waals surface area contributed by atoms with Crippen molar-refractivity contribution < 1.29 is 9.53 Å². The highest BCUT2D eigenvalue weighted by atomic mass is 127. The Morgan fingerprint density at radius 1 is 1.61 bits per heavy atom. The monoisotopic (exact) mass is 361 g/mol. The van der Waals surface area contributed by atoms with Crippen LogP contribution < -0.4 is 16.0 Å². The molecule has 1 saturated heterocycles. The lowest BCUT2D eigenvalue weighted by Gasteiger charge is -2.36. The molecule has 1 aliphatic heterocycles. The summed E-state index contributed by atoms with van der Waals surface area (Å²) >= 11 is 2.22. The predicted molar refractivity (Wildman–Crippen MR) is 79.6 cm³/mol. The van der Waals surface area contributed by atoms with Crippen LogP contribution in [0.3, 0.4) is 0 Å². The van der Waals surface area contributed by atoms with E-state index in [1.54, 1.807) is 7.05 Å². The zero-order chi connectivity index (χ0) is 13.1. The van der Waals surface area contributed by atoms with Crippen molar-refractivity contribution in [3.8, 4) is 0 Å². The van der Waals surface area contributed by atoms with Crippen LogP contribution in [0.2, 0.25) is 0 Å². The molecule has 1 aromatic rings. The summed E-state index contributed by atoms with van der Waals surface area (Å²) in [5.74, 6) is -0.0485. The van der Waals surface area contributed by atoms with Crippen LogP contribution >= 0.6 is 22.6 Å². The molecule has 18 heavy (non-hydrogen) atoms. The minimum absolute atomic E-state index is 0.0485. The van der Waals surface area contributed by atoms with Crippen LogP contribution in [0.1, 0.15) is 0 Å². The topological polar surface area (TPSA) is 67.6 Å². The molecule has 0 aromatic heterocycles. The first-order valence-electron chi connectivity index (χ1n) is 5.74. The normalized spacial score (nSPS) is 19.7. The lowest BCUT2D eigenvalue weighted by molar-refractivity contribution is -0.124. The SMILES string of the molecule is CNC(=O)C1COCCN1c1ccc(I)cc1N. The molecule has 0 spiro atoms. The van der Waals surface area contributed by atoms with E-state index in [9.17, 15) is 4.79 Å². The van der Waals surface area contributed by atoms with Crippen molar-refractivity contribution in [2.75, 3.05) is 37.4 Å². The second-order valence-corrected chi connectivity index (χ2v) is 5.35. The van der Waals surface area contributed by atoms with Crippen molar-refractivity contribution >= 4 is 39.9 Å². The largest absolute Gasteiger partial charge is 0.397 e.